The lowest BCUT2D eigenvalue weighted by Gasteiger charge is -2.15. The maximum atomic E-state index is 13.1. The lowest BCUT2D eigenvalue weighted by atomic mass is 9.96. The number of thiophene rings is 1. The van der Waals surface area contributed by atoms with Gasteiger partial charge in [-0.15, -0.1) is 11.3 Å². The fraction of sp³-hybridized carbons (Fsp3) is 0.333. The third-order valence-electron chi connectivity index (χ3n) is 4.03. The Labute approximate surface area is 143 Å². The number of nitrogens with one attached hydrogen (secondary N) is 1. The number of aryl methyl sites for hydroxylation is 1. The van der Waals surface area contributed by atoms with Crippen molar-refractivity contribution in [2.75, 3.05) is 5.32 Å². The van der Waals surface area contributed by atoms with E-state index in [0.717, 1.165) is 31.2 Å². The van der Waals surface area contributed by atoms with E-state index in [1.165, 1.54) is 30.0 Å². The fourth-order valence-corrected chi connectivity index (χ4v) is 3.87. The van der Waals surface area contributed by atoms with E-state index in [9.17, 15) is 14.0 Å². The molecule has 24 heavy (non-hydrogen) atoms. The van der Waals surface area contributed by atoms with Crippen LogP contribution in [0.1, 0.15) is 40.6 Å². The van der Waals surface area contributed by atoms with Crippen LogP contribution in [0.3, 0.4) is 0 Å². The van der Waals surface area contributed by atoms with Gasteiger partial charge in [0.1, 0.15) is 5.82 Å². The molecule has 1 aliphatic rings. The molecule has 0 spiro atoms. The van der Waals surface area contributed by atoms with Gasteiger partial charge in [-0.2, -0.15) is 0 Å². The lowest BCUT2D eigenvalue weighted by molar-refractivity contribution is -0.123. The van der Waals surface area contributed by atoms with Crippen LogP contribution in [0.4, 0.5) is 10.1 Å². The molecular weight excluding hydrogens is 329 g/mol. The lowest BCUT2D eigenvalue weighted by Crippen LogP contribution is -2.30. The zero-order valence-corrected chi connectivity index (χ0v) is 14.1. The van der Waals surface area contributed by atoms with Gasteiger partial charge in [-0.3, -0.25) is 4.79 Å². The van der Waals surface area contributed by atoms with Crippen molar-refractivity contribution >= 4 is 28.9 Å². The maximum absolute atomic E-state index is 13.1. The number of amides is 1. The van der Waals surface area contributed by atoms with Gasteiger partial charge in [-0.05, 0) is 56.4 Å². The number of esters is 1. The Hall–Kier alpha value is -2.21. The average molecular weight is 347 g/mol. The second kappa shape index (κ2) is 7.13. The highest BCUT2D eigenvalue weighted by molar-refractivity contribution is 7.10. The number of rotatable bonds is 4. The molecule has 0 saturated carbocycles. The molecule has 1 N–H and O–H groups in total. The molecule has 1 atom stereocenters. The highest BCUT2D eigenvalue weighted by Gasteiger charge is 2.24. The predicted octanol–water partition coefficient (Wildman–Crippen LogP) is 3.95. The van der Waals surface area contributed by atoms with Crippen molar-refractivity contribution in [1.29, 1.82) is 0 Å². The van der Waals surface area contributed by atoms with Crippen LogP contribution in [0, 0.1) is 5.82 Å². The van der Waals surface area contributed by atoms with E-state index in [2.05, 4.69) is 5.32 Å². The van der Waals surface area contributed by atoms with Crippen molar-refractivity contribution in [3.8, 4) is 0 Å². The number of fused-ring (bicyclic) bond motifs is 1. The summed E-state index contributed by atoms with van der Waals surface area (Å²) in [6, 6.07) is 5.57. The summed E-state index contributed by atoms with van der Waals surface area (Å²) in [5, 5.41) is 4.36. The minimum absolute atomic E-state index is 0.329. The van der Waals surface area contributed by atoms with Gasteiger partial charge >= 0.3 is 5.97 Å². The van der Waals surface area contributed by atoms with E-state index in [1.54, 1.807) is 17.4 Å². The van der Waals surface area contributed by atoms with Crippen molar-refractivity contribution in [3.05, 3.63) is 51.5 Å². The van der Waals surface area contributed by atoms with E-state index in [1.807, 2.05) is 5.38 Å². The Kier molecular flexibility index (Phi) is 4.94. The van der Waals surface area contributed by atoms with Crippen LogP contribution in [0.25, 0.3) is 0 Å². The van der Waals surface area contributed by atoms with Crippen molar-refractivity contribution in [3.63, 3.8) is 0 Å². The Balaban J connectivity index is 1.63. The van der Waals surface area contributed by atoms with Gasteiger partial charge in [0, 0.05) is 15.9 Å². The van der Waals surface area contributed by atoms with E-state index >= 15 is 0 Å². The van der Waals surface area contributed by atoms with E-state index in [0.29, 0.717) is 11.3 Å². The van der Waals surface area contributed by atoms with Crippen LogP contribution in [-0.4, -0.2) is 18.0 Å². The van der Waals surface area contributed by atoms with Gasteiger partial charge in [0.15, 0.2) is 6.10 Å². The van der Waals surface area contributed by atoms with Crippen LogP contribution in [0.2, 0.25) is 0 Å². The molecule has 1 aromatic carbocycles. The zero-order chi connectivity index (χ0) is 17.1. The normalized spacial score (nSPS) is 14.6. The molecule has 4 nitrogen and oxygen atoms in total. The van der Waals surface area contributed by atoms with Gasteiger partial charge in [-0.25, -0.2) is 9.18 Å². The molecule has 0 fully saturated rings. The first kappa shape index (κ1) is 16.6. The minimum Gasteiger partial charge on any atom is -0.449 e. The van der Waals surface area contributed by atoms with Crippen molar-refractivity contribution in [2.24, 2.45) is 0 Å². The molecule has 6 heteroatoms. The minimum atomic E-state index is -0.958. The summed E-state index contributed by atoms with van der Waals surface area (Å²) >= 11 is 1.58. The highest BCUT2D eigenvalue weighted by Crippen LogP contribution is 2.30. The average Bonchev–Trinajstić information content (AvgIpc) is 2.99. The number of ether oxygens (including phenoxy) is 1. The van der Waals surface area contributed by atoms with Gasteiger partial charge < -0.3 is 10.1 Å². The summed E-state index contributed by atoms with van der Waals surface area (Å²) in [6.07, 6.45) is 3.14. The summed E-state index contributed by atoms with van der Waals surface area (Å²) in [5.74, 6) is -1.41. The molecule has 0 aliphatic heterocycles. The second-order valence-corrected chi connectivity index (χ2v) is 6.77. The Morgan fingerprint density at radius 2 is 2.08 bits per heavy atom. The van der Waals surface area contributed by atoms with Crippen molar-refractivity contribution in [1.82, 2.24) is 0 Å². The number of benzene rings is 1. The summed E-state index contributed by atoms with van der Waals surface area (Å²) in [6.45, 7) is 1.51. The fourth-order valence-electron chi connectivity index (χ4n) is 2.75. The molecule has 2 aromatic rings. The first-order valence-corrected chi connectivity index (χ1v) is 8.79. The predicted molar refractivity (Wildman–Crippen MR) is 90.9 cm³/mol. The van der Waals surface area contributed by atoms with Gasteiger partial charge in [0.05, 0.1) is 5.56 Å². The Bertz CT molecular complexity index is 771. The van der Waals surface area contributed by atoms with Gasteiger partial charge in [0.25, 0.3) is 5.91 Å². The van der Waals surface area contributed by atoms with Crippen LogP contribution in [-0.2, 0) is 22.4 Å². The van der Waals surface area contributed by atoms with Crippen LogP contribution >= 0.6 is 11.3 Å². The van der Waals surface area contributed by atoms with Crippen LogP contribution in [0.5, 0.6) is 0 Å². The molecule has 0 radical (unpaired) electrons. The molecule has 0 unspecified atom stereocenters. The number of halogens is 1. The van der Waals surface area contributed by atoms with Crippen LogP contribution in [0.15, 0.2) is 29.6 Å². The molecule has 3 rings (SSSR count). The van der Waals surface area contributed by atoms with Crippen molar-refractivity contribution in [2.45, 2.75) is 38.7 Å². The molecule has 1 aromatic heterocycles. The highest BCUT2D eigenvalue weighted by atomic mass is 32.1. The zero-order valence-electron chi connectivity index (χ0n) is 13.3. The second-order valence-electron chi connectivity index (χ2n) is 5.81. The summed E-state index contributed by atoms with van der Waals surface area (Å²) < 4.78 is 18.4. The maximum Gasteiger partial charge on any atom is 0.340 e. The summed E-state index contributed by atoms with van der Waals surface area (Å²) in [5.41, 5.74) is 1.96. The monoisotopic (exact) mass is 347 g/mol. The van der Waals surface area contributed by atoms with Crippen molar-refractivity contribution < 1.29 is 18.7 Å². The van der Waals surface area contributed by atoms with E-state index < -0.39 is 23.8 Å². The third-order valence-corrected chi connectivity index (χ3v) is 5.12. The molecule has 126 valence electrons. The smallest absolute Gasteiger partial charge is 0.340 e. The summed E-state index contributed by atoms with van der Waals surface area (Å²) in [7, 11) is 0. The molecule has 1 heterocycles. The topological polar surface area (TPSA) is 55.4 Å². The number of anilines is 1. The van der Waals surface area contributed by atoms with E-state index in [4.69, 9.17) is 4.74 Å². The Morgan fingerprint density at radius 1 is 1.29 bits per heavy atom. The first-order valence-electron chi connectivity index (χ1n) is 7.91. The number of carbonyl (C=O) groups is 2. The molecule has 0 bridgehead atoms. The quantitative estimate of drug-likeness (QED) is 0.852. The first-order chi connectivity index (χ1) is 11.5. The Morgan fingerprint density at radius 3 is 2.88 bits per heavy atom. The molecule has 1 aliphatic carbocycles. The molecular formula is C18H18FNO3S. The summed E-state index contributed by atoms with van der Waals surface area (Å²) in [4.78, 5) is 25.7. The molecule has 1 amide bonds. The third kappa shape index (κ3) is 3.64. The molecule has 0 saturated heterocycles. The SMILES string of the molecule is C[C@@H](OC(=O)c1csc2c1CCCC2)C(=O)Nc1cccc(F)c1. The van der Waals surface area contributed by atoms with Crippen LogP contribution < -0.4 is 5.32 Å². The largest absolute Gasteiger partial charge is 0.449 e. The van der Waals surface area contributed by atoms with Gasteiger partial charge in [-0.1, -0.05) is 6.07 Å². The van der Waals surface area contributed by atoms with Gasteiger partial charge in [0.2, 0.25) is 0 Å². The number of hydrogen-bond donors (Lipinski definition) is 1. The number of hydrogen-bond acceptors (Lipinski definition) is 4. The number of carbonyl (C=O) groups excluding carboxylic acids is 2. The standard InChI is InChI=1S/C18H18FNO3S/c1-11(17(21)20-13-6-4-5-12(19)9-13)23-18(22)15-10-24-16-8-3-2-7-14(15)16/h4-6,9-11H,2-3,7-8H2,1H3,(H,20,21)/t11-/m1/s1. The van der Waals surface area contributed by atoms with E-state index in [-0.39, 0.29) is 0 Å².